The fourth-order valence-corrected chi connectivity index (χ4v) is 1.99. The Bertz CT molecular complexity index is 350. The van der Waals surface area contributed by atoms with Crippen molar-refractivity contribution in [2.75, 3.05) is 0 Å². The van der Waals surface area contributed by atoms with Gasteiger partial charge in [-0.2, -0.15) is 0 Å². The molecule has 0 amide bonds. The van der Waals surface area contributed by atoms with Crippen molar-refractivity contribution in [3.63, 3.8) is 0 Å². The lowest BCUT2D eigenvalue weighted by atomic mass is 9.93. The number of hydrogen-bond donors (Lipinski definition) is 0. The van der Waals surface area contributed by atoms with E-state index in [-0.39, 0.29) is 17.8 Å². The van der Waals surface area contributed by atoms with Crippen LogP contribution in [-0.4, -0.2) is 11.3 Å². The number of rotatable bonds is 1. The minimum absolute atomic E-state index is 0.226. The van der Waals surface area contributed by atoms with Crippen molar-refractivity contribution in [3.05, 3.63) is 35.9 Å². The standard InChI is InChI=1S/C11H11ClO2/c1-11(8-5-3-2-4-6-8)9(12)7-10(13)14-11/h2-6,9H,7H2,1H3. The summed E-state index contributed by atoms with van der Waals surface area (Å²) in [5, 5.41) is -0.280. The van der Waals surface area contributed by atoms with E-state index >= 15 is 0 Å². The first-order chi connectivity index (χ1) is 6.63. The largest absolute Gasteiger partial charge is 0.453 e. The molecule has 0 bridgehead atoms. The van der Waals surface area contributed by atoms with Gasteiger partial charge in [0, 0.05) is 0 Å². The van der Waals surface area contributed by atoms with E-state index in [1.54, 1.807) is 0 Å². The number of cyclic esters (lactones) is 1. The summed E-state index contributed by atoms with van der Waals surface area (Å²) in [5.74, 6) is -0.226. The second-order valence-corrected chi connectivity index (χ2v) is 4.15. The lowest BCUT2D eigenvalue weighted by Crippen LogP contribution is -2.29. The van der Waals surface area contributed by atoms with Crippen molar-refractivity contribution in [1.82, 2.24) is 0 Å². The molecule has 2 nitrogen and oxygen atoms in total. The molecule has 74 valence electrons. The highest BCUT2D eigenvalue weighted by Crippen LogP contribution is 2.39. The molecule has 2 rings (SSSR count). The lowest BCUT2D eigenvalue weighted by molar-refractivity contribution is -0.147. The summed E-state index contributed by atoms with van der Waals surface area (Å²) in [6, 6.07) is 9.60. The Morgan fingerprint density at radius 3 is 2.57 bits per heavy atom. The first-order valence-electron chi connectivity index (χ1n) is 4.54. The summed E-state index contributed by atoms with van der Waals surface area (Å²) in [6.07, 6.45) is 0.285. The SMILES string of the molecule is CC1(c2ccccc2)OC(=O)CC1Cl. The lowest BCUT2D eigenvalue weighted by Gasteiger charge is -2.26. The number of ether oxygens (including phenoxy) is 1. The Hall–Kier alpha value is -1.02. The summed E-state index contributed by atoms with van der Waals surface area (Å²) in [6.45, 7) is 1.85. The van der Waals surface area contributed by atoms with Gasteiger partial charge in [0.2, 0.25) is 0 Å². The minimum Gasteiger partial charge on any atom is -0.453 e. The second kappa shape index (κ2) is 3.28. The molecule has 14 heavy (non-hydrogen) atoms. The Morgan fingerprint density at radius 1 is 1.43 bits per heavy atom. The van der Waals surface area contributed by atoms with Crippen LogP contribution in [0.25, 0.3) is 0 Å². The fraction of sp³-hybridized carbons (Fsp3) is 0.364. The van der Waals surface area contributed by atoms with Crippen LogP contribution >= 0.6 is 11.6 Å². The van der Waals surface area contributed by atoms with Crippen LogP contribution < -0.4 is 0 Å². The molecule has 2 unspecified atom stereocenters. The molecule has 3 heteroatoms. The quantitative estimate of drug-likeness (QED) is 0.526. The van der Waals surface area contributed by atoms with Gasteiger partial charge < -0.3 is 4.74 Å². The number of halogens is 1. The second-order valence-electron chi connectivity index (χ2n) is 3.62. The van der Waals surface area contributed by atoms with Gasteiger partial charge in [-0.05, 0) is 12.5 Å². The number of benzene rings is 1. The number of carbonyl (C=O) groups is 1. The molecule has 1 aliphatic heterocycles. The molecule has 0 spiro atoms. The normalized spacial score (nSPS) is 31.6. The van der Waals surface area contributed by atoms with E-state index < -0.39 is 5.60 Å². The molecule has 1 fully saturated rings. The van der Waals surface area contributed by atoms with Gasteiger partial charge >= 0.3 is 5.97 Å². The molecule has 0 aliphatic carbocycles. The first kappa shape index (κ1) is 9.53. The van der Waals surface area contributed by atoms with Crippen LogP contribution in [0.15, 0.2) is 30.3 Å². The number of alkyl halides is 1. The highest BCUT2D eigenvalue weighted by Gasteiger charge is 2.45. The number of hydrogen-bond acceptors (Lipinski definition) is 2. The molecule has 1 aliphatic rings. The van der Waals surface area contributed by atoms with E-state index in [9.17, 15) is 4.79 Å². The van der Waals surface area contributed by atoms with Gasteiger partial charge in [-0.1, -0.05) is 30.3 Å². The van der Waals surface area contributed by atoms with Crippen LogP contribution in [0.4, 0.5) is 0 Å². The Kier molecular flexibility index (Phi) is 2.23. The number of esters is 1. The van der Waals surface area contributed by atoms with Gasteiger partial charge in [0.15, 0.2) is 5.60 Å². The summed E-state index contributed by atoms with van der Waals surface area (Å²) in [7, 11) is 0. The van der Waals surface area contributed by atoms with E-state index in [2.05, 4.69) is 0 Å². The minimum atomic E-state index is -0.667. The summed E-state index contributed by atoms with van der Waals surface area (Å²) in [5.41, 5.74) is 0.283. The Balaban J connectivity index is 2.38. The predicted octanol–water partition coefficient (Wildman–Crippen LogP) is 2.46. The van der Waals surface area contributed by atoms with Crippen LogP contribution in [0.3, 0.4) is 0 Å². The van der Waals surface area contributed by atoms with E-state index in [1.807, 2.05) is 37.3 Å². The third kappa shape index (κ3) is 1.40. The van der Waals surface area contributed by atoms with E-state index in [4.69, 9.17) is 16.3 Å². The molecular formula is C11H11ClO2. The summed E-state index contributed by atoms with van der Waals surface area (Å²) >= 11 is 6.10. The van der Waals surface area contributed by atoms with Gasteiger partial charge in [-0.25, -0.2) is 0 Å². The zero-order valence-corrected chi connectivity index (χ0v) is 8.62. The van der Waals surface area contributed by atoms with Gasteiger partial charge in [-0.15, -0.1) is 11.6 Å². The highest BCUT2D eigenvalue weighted by molar-refractivity contribution is 6.23. The van der Waals surface area contributed by atoms with Gasteiger partial charge in [-0.3, -0.25) is 4.79 Å². The molecular weight excluding hydrogens is 200 g/mol. The Labute approximate surface area is 87.8 Å². The summed E-state index contributed by atoms with van der Waals surface area (Å²) < 4.78 is 5.28. The van der Waals surface area contributed by atoms with Gasteiger partial charge in [0.25, 0.3) is 0 Å². The topological polar surface area (TPSA) is 26.3 Å². The molecule has 1 aromatic rings. The maximum Gasteiger partial charge on any atom is 0.308 e. The Morgan fingerprint density at radius 2 is 2.07 bits per heavy atom. The predicted molar refractivity (Wildman–Crippen MR) is 54.1 cm³/mol. The fourth-order valence-electron chi connectivity index (χ4n) is 1.69. The smallest absolute Gasteiger partial charge is 0.308 e. The van der Waals surface area contributed by atoms with Crippen molar-refractivity contribution in [3.8, 4) is 0 Å². The van der Waals surface area contributed by atoms with Gasteiger partial charge in [0.1, 0.15) is 0 Å². The molecule has 0 aromatic heterocycles. The van der Waals surface area contributed by atoms with E-state index in [1.165, 1.54) is 0 Å². The molecule has 1 saturated heterocycles. The van der Waals surface area contributed by atoms with Crippen LogP contribution in [0.1, 0.15) is 18.9 Å². The third-order valence-electron chi connectivity index (χ3n) is 2.62. The maximum atomic E-state index is 11.1. The van der Waals surface area contributed by atoms with Crippen LogP contribution in [0, 0.1) is 0 Å². The zero-order chi connectivity index (χ0) is 10.2. The molecule has 1 heterocycles. The van der Waals surface area contributed by atoms with Crippen molar-refractivity contribution >= 4 is 17.6 Å². The van der Waals surface area contributed by atoms with Gasteiger partial charge in [0.05, 0.1) is 11.8 Å². The molecule has 0 N–H and O–H groups in total. The van der Waals surface area contributed by atoms with Crippen molar-refractivity contribution < 1.29 is 9.53 Å². The monoisotopic (exact) mass is 210 g/mol. The van der Waals surface area contributed by atoms with E-state index in [0.717, 1.165) is 5.56 Å². The number of carbonyl (C=O) groups excluding carboxylic acids is 1. The van der Waals surface area contributed by atoms with Crippen LogP contribution in [-0.2, 0) is 15.1 Å². The average Bonchev–Trinajstić information content (AvgIpc) is 2.43. The summed E-state index contributed by atoms with van der Waals surface area (Å²) in [4.78, 5) is 11.1. The first-order valence-corrected chi connectivity index (χ1v) is 4.98. The van der Waals surface area contributed by atoms with Crippen LogP contribution in [0.2, 0.25) is 0 Å². The average molecular weight is 211 g/mol. The molecule has 0 radical (unpaired) electrons. The van der Waals surface area contributed by atoms with Crippen molar-refractivity contribution in [2.45, 2.75) is 24.3 Å². The molecule has 0 saturated carbocycles. The van der Waals surface area contributed by atoms with E-state index in [0.29, 0.717) is 0 Å². The van der Waals surface area contributed by atoms with Crippen molar-refractivity contribution in [1.29, 1.82) is 0 Å². The third-order valence-corrected chi connectivity index (χ3v) is 3.19. The molecule has 1 aromatic carbocycles. The maximum absolute atomic E-state index is 11.1. The van der Waals surface area contributed by atoms with Crippen LogP contribution in [0.5, 0.6) is 0 Å². The van der Waals surface area contributed by atoms with Crippen molar-refractivity contribution in [2.24, 2.45) is 0 Å². The highest BCUT2D eigenvalue weighted by atomic mass is 35.5. The zero-order valence-electron chi connectivity index (χ0n) is 7.87. The molecule has 2 atom stereocenters.